The molecule has 0 amide bonds. The van der Waals surface area contributed by atoms with E-state index in [0.29, 0.717) is 34.8 Å². The van der Waals surface area contributed by atoms with Crippen molar-refractivity contribution in [3.8, 4) is 29.6 Å². The van der Waals surface area contributed by atoms with Crippen LogP contribution < -0.4 is 19.5 Å². The molecule has 0 unspecified atom stereocenters. The van der Waals surface area contributed by atoms with Gasteiger partial charge in [-0.3, -0.25) is 4.79 Å². The number of aromatic nitrogens is 2. The largest absolute Gasteiger partial charge is 0.487 e. The maximum Gasteiger partial charge on any atom is 0.342 e. The van der Waals surface area contributed by atoms with E-state index in [0.717, 1.165) is 11.3 Å². The Morgan fingerprint density at radius 3 is 2.45 bits per heavy atom. The predicted octanol–water partition coefficient (Wildman–Crippen LogP) is 4.54. The van der Waals surface area contributed by atoms with E-state index >= 15 is 0 Å². The number of terminal acetylenes is 1. The normalized spacial score (nSPS) is 10.4. The molecule has 0 aliphatic heterocycles. The predicted molar refractivity (Wildman–Crippen MR) is 148 cm³/mol. The van der Waals surface area contributed by atoms with Crippen LogP contribution in [-0.4, -0.2) is 55.4 Å². The zero-order chi connectivity index (χ0) is 28.3. The number of carbonyl (C=O) groups is 2. The van der Waals surface area contributed by atoms with Crippen LogP contribution in [0.3, 0.4) is 0 Å². The topological polar surface area (TPSA) is 118 Å². The summed E-state index contributed by atoms with van der Waals surface area (Å²) in [5, 5.41) is 3.97. The first kappa shape index (κ1) is 27.9. The first-order valence-electron chi connectivity index (χ1n) is 12.3. The Labute approximate surface area is 231 Å². The Morgan fingerprint density at radius 1 is 0.900 bits per heavy atom. The van der Waals surface area contributed by atoms with Gasteiger partial charge in [0, 0.05) is 36.7 Å². The van der Waals surface area contributed by atoms with Gasteiger partial charge in [-0.1, -0.05) is 24.1 Å². The molecule has 204 valence electrons. The molecule has 4 aromatic rings. The third kappa shape index (κ3) is 7.24. The molecule has 1 aromatic heterocycles. The Kier molecular flexibility index (Phi) is 9.48. The summed E-state index contributed by atoms with van der Waals surface area (Å²) in [6.07, 6.45) is 6.97. The highest BCUT2D eigenvalue weighted by Crippen LogP contribution is 2.35. The number of rotatable bonds is 12. The first-order valence-corrected chi connectivity index (χ1v) is 12.3. The number of ether oxygens (including phenoxy) is 5. The van der Waals surface area contributed by atoms with Crippen LogP contribution in [0.25, 0.3) is 10.9 Å². The van der Waals surface area contributed by atoms with Crippen LogP contribution in [0.5, 0.6) is 17.2 Å². The minimum atomic E-state index is -0.645. The van der Waals surface area contributed by atoms with Crippen LogP contribution in [0.1, 0.15) is 22.8 Å². The molecule has 0 bridgehead atoms. The Bertz CT molecular complexity index is 1550. The number of anilines is 2. The first-order chi connectivity index (χ1) is 19.5. The van der Waals surface area contributed by atoms with E-state index in [9.17, 15) is 9.59 Å². The summed E-state index contributed by atoms with van der Waals surface area (Å²) in [5.41, 5.74) is 2.25. The van der Waals surface area contributed by atoms with E-state index in [2.05, 4.69) is 21.2 Å². The third-order valence-electron chi connectivity index (χ3n) is 5.47. The fourth-order valence-electron chi connectivity index (χ4n) is 3.69. The van der Waals surface area contributed by atoms with Gasteiger partial charge in [0.15, 0.2) is 11.5 Å². The fraction of sp³-hybridized carbons (Fsp3) is 0.200. The number of nitrogens with zero attached hydrogens (tertiary/aromatic N) is 2. The van der Waals surface area contributed by atoms with Crippen LogP contribution in [0.2, 0.25) is 0 Å². The lowest BCUT2D eigenvalue weighted by atomic mass is 10.2. The summed E-state index contributed by atoms with van der Waals surface area (Å²) in [6, 6.07) is 17.2. The molecule has 4 rings (SSSR count). The van der Waals surface area contributed by atoms with Gasteiger partial charge in [-0.2, -0.15) is 0 Å². The number of hydrogen-bond donors (Lipinski definition) is 1. The zero-order valence-electron chi connectivity index (χ0n) is 22.0. The zero-order valence-corrected chi connectivity index (χ0v) is 22.0. The van der Waals surface area contributed by atoms with Gasteiger partial charge in [0.2, 0.25) is 0 Å². The van der Waals surface area contributed by atoms with Gasteiger partial charge >= 0.3 is 11.9 Å². The minimum Gasteiger partial charge on any atom is -0.487 e. The maximum atomic E-state index is 12.6. The molecule has 0 aliphatic carbocycles. The molecule has 40 heavy (non-hydrogen) atoms. The minimum absolute atomic E-state index is 0.0304. The van der Waals surface area contributed by atoms with Gasteiger partial charge in [0.25, 0.3) is 0 Å². The Balaban J connectivity index is 1.50. The van der Waals surface area contributed by atoms with Gasteiger partial charge in [0.05, 0.1) is 12.1 Å². The Morgan fingerprint density at radius 2 is 1.68 bits per heavy atom. The number of hydrogen-bond acceptors (Lipinski definition) is 10. The molecule has 10 heteroatoms. The van der Waals surface area contributed by atoms with Crippen molar-refractivity contribution in [2.75, 3.05) is 38.9 Å². The van der Waals surface area contributed by atoms with Crippen LogP contribution in [0, 0.1) is 12.3 Å². The lowest BCUT2D eigenvalue weighted by Crippen LogP contribution is -2.15. The highest BCUT2D eigenvalue weighted by Gasteiger charge is 2.16. The molecule has 0 atom stereocenters. The van der Waals surface area contributed by atoms with Crippen molar-refractivity contribution in [2.24, 2.45) is 0 Å². The number of esters is 2. The van der Waals surface area contributed by atoms with Crippen molar-refractivity contribution >= 4 is 34.3 Å². The van der Waals surface area contributed by atoms with Gasteiger partial charge in [0.1, 0.15) is 43.3 Å². The van der Waals surface area contributed by atoms with Crippen molar-refractivity contribution in [1.82, 2.24) is 9.97 Å². The van der Waals surface area contributed by atoms with Crippen LogP contribution >= 0.6 is 0 Å². The van der Waals surface area contributed by atoms with E-state index in [1.54, 1.807) is 31.4 Å². The fourth-order valence-corrected chi connectivity index (χ4v) is 3.69. The van der Waals surface area contributed by atoms with E-state index in [-0.39, 0.29) is 31.1 Å². The number of carbonyl (C=O) groups excluding carboxylic acids is 2. The highest BCUT2D eigenvalue weighted by atomic mass is 16.6. The molecule has 10 nitrogen and oxygen atoms in total. The number of fused-ring (bicyclic) bond motifs is 1. The summed E-state index contributed by atoms with van der Waals surface area (Å²) < 4.78 is 27.4. The third-order valence-corrected chi connectivity index (χ3v) is 5.47. The molecule has 1 heterocycles. The van der Waals surface area contributed by atoms with E-state index in [1.165, 1.54) is 25.4 Å². The van der Waals surface area contributed by atoms with Crippen LogP contribution in [-0.2, 0) is 14.3 Å². The second-order valence-electron chi connectivity index (χ2n) is 8.30. The van der Waals surface area contributed by atoms with Gasteiger partial charge in [-0.25, -0.2) is 14.8 Å². The number of para-hydroxylation sites is 1. The SMILES string of the molecule is C#Cc1cccc(Nc2ncnc3cc(OCCOC(=O)c4ccccc4OC(C)=O)c(OCCOC)cc23)c1. The molecule has 1 N–H and O–H groups in total. The monoisotopic (exact) mass is 541 g/mol. The van der Waals surface area contributed by atoms with Crippen molar-refractivity contribution < 1.29 is 33.3 Å². The lowest BCUT2D eigenvalue weighted by molar-refractivity contribution is -0.131. The molecule has 3 aromatic carbocycles. The van der Waals surface area contributed by atoms with Crippen molar-refractivity contribution in [1.29, 1.82) is 0 Å². The molecule has 0 saturated carbocycles. The second-order valence-corrected chi connectivity index (χ2v) is 8.30. The maximum absolute atomic E-state index is 12.6. The van der Waals surface area contributed by atoms with E-state index in [1.807, 2.05) is 24.3 Å². The summed E-state index contributed by atoms with van der Waals surface area (Å²) in [5.74, 6) is 2.95. The average Bonchev–Trinajstić information content (AvgIpc) is 2.95. The number of methoxy groups -OCH3 is 1. The molecular weight excluding hydrogens is 514 g/mol. The van der Waals surface area contributed by atoms with Crippen molar-refractivity contribution in [3.05, 3.63) is 78.1 Å². The molecule has 0 fully saturated rings. The van der Waals surface area contributed by atoms with Crippen molar-refractivity contribution in [2.45, 2.75) is 6.92 Å². The lowest BCUT2D eigenvalue weighted by Gasteiger charge is -2.15. The standard InChI is InChI=1S/C30H27N3O7/c1-4-21-8-7-9-22(16-21)33-29-24-17-27(37-13-12-36-3)28(18-25(24)31-19-32-29)38-14-15-39-30(35)23-10-5-6-11-26(23)40-20(2)34/h1,5-11,16-19H,12-15H2,2-3H3,(H,31,32,33). The molecule has 0 radical (unpaired) electrons. The molecule has 0 aliphatic rings. The van der Waals surface area contributed by atoms with Gasteiger partial charge in [-0.15, -0.1) is 6.42 Å². The van der Waals surface area contributed by atoms with Gasteiger partial charge < -0.3 is 29.0 Å². The molecular formula is C30H27N3O7. The summed E-state index contributed by atoms with van der Waals surface area (Å²) in [6.45, 7) is 1.87. The molecule has 0 spiro atoms. The quantitative estimate of drug-likeness (QED) is 0.119. The highest BCUT2D eigenvalue weighted by molar-refractivity contribution is 5.94. The van der Waals surface area contributed by atoms with Crippen LogP contribution in [0.4, 0.5) is 11.5 Å². The van der Waals surface area contributed by atoms with Gasteiger partial charge in [-0.05, 0) is 36.4 Å². The average molecular weight is 542 g/mol. The second kappa shape index (κ2) is 13.6. The summed E-state index contributed by atoms with van der Waals surface area (Å²) >= 11 is 0. The Hall–Kier alpha value is -5.14. The van der Waals surface area contributed by atoms with E-state index < -0.39 is 11.9 Å². The van der Waals surface area contributed by atoms with Crippen molar-refractivity contribution in [3.63, 3.8) is 0 Å². The summed E-state index contributed by atoms with van der Waals surface area (Å²) in [7, 11) is 1.58. The smallest absolute Gasteiger partial charge is 0.342 e. The number of nitrogens with one attached hydrogen (secondary N) is 1. The van der Waals surface area contributed by atoms with Crippen LogP contribution in [0.15, 0.2) is 67.0 Å². The summed E-state index contributed by atoms with van der Waals surface area (Å²) in [4.78, 5) is 32.7. The number of benzene rings is 3. The molecule has 0 saturated heterocycles. The van der Waals surface area contributed by atoms with E-state index in [4.69, 9.17) is 30.1 Å².